The van der Waals surface area contributed by atoms with Gasteiger partial charge in [-0.05, 0) is 97.0 Å². The summed E-state index contributed by atoms with van der Waals surface area (Å²) in [5.74, 6) is 0. The van der Waals surface area contributed by atoms with Crippen LogP contribution in [0.2, 0.25) is 69.0 Å². The van der Waals surface area contributed by atoms with Crippen LogP contribution in [0.5, 0.6) is 0 Å². The standard InChI is InChI=1S/C33H62O4Si5/c1-30(2,35-41(16,17)36-39(10,11)12)32(5,6)38(9)34-31(3,4)33(7,8)42(37-40(13,14)15,28-24-20-18-21-25-28)29-26-22-19-23-27-29/h18-27,38H,1-17H3. The largest absolute Gasteiger partial charge is 0.449 e. The molecule has 2 rings (SSSR count). The Hall–Kier alpha value is -0.636. The molecule has 0 aliphatic rings. The summed E-state index contributed by atoms with van der Waals surface area (Å²) < 4.78 is 28.6. The van der Waals surface area contributed by atoms with E-state index in [9.17, 15) is 0 Å². The van der Waals surface area contributed by atoms with E-state index in [4.69, 9.17) is 17.1 Å². The third-order valence-electron chi connectivity index (χ3n) is 9.30. The summed E-state index contributed by atoms with van der Waals surface area (Å²) in [7, 11) is -10.8. The van der Waals surface area contributed by atoms with Gasteiger partial charge < -0.3 is 17.1 Å². The van der Waals surface area contributed by atoms with Gasteiger partial charge in [-0.15, -0.1) is 0 Å². The first kappa shape index (κ1) is 37.6. The molecule has 2 aromatic carbocycles. The number of rotatable bonds is 14. The van der Waals surface area contributed by atoms with Crippen molar-refractivity contribution in [1.29, 1.82) is 0 Å². The molecule has 0 aliphatic carbocycles. The number of hydrogen-bond donors (Lipinski definition) is 0. The topological polar surface area (TPSA) is 36.9 Å². The first-order valence-electron chi connectivity index (χ1n) is 15.6. The predicted octanol–water partition coefficient (Wildman–Crippen LogP) is 8.66. The van der Waals surface area contributed by atoms with Crippen LogP contribution >= 0.6 is 0 Å². The fourth-order valence-electron chi connectivity index (χ4n) is 6.09. The quantitative estimate of drug-likeness (QED) is 0.190. The van der Waals surface area contributed by atoms with Crippen LogP contribution in [0.1, 0.15) is 55.4 Å². The smallest absolute Gasteiger partial charge is 0.321 e. The van der Waals surface area contributed by atoms with Crippen LogP contribution in [0, 0.1) is 0 Å². The van der Waals surface area contributed by atoms with Gasteiger partial charge in [0.25, 0.3) is 8.32 Å². The molecular formula is C33H62O4Si5. The maximum Gasteiger partial charge on any atom is 0.321 e. The first-order valence-corrected chi connectivity index (χ1v) is 29.3. The zero-order chi connectivity index (χ0) is 32.6. The van der Waals surface area contributed by atoms with Crippen molar-refractivity contribution < 1.29 is 17.1 Å². The van der Waals surface area contributed by atoms with Gasteiger partial charge in [-0.3, -0.25) is 0 Å². The molecule has 0 bridgehead atoms. The Morgan fingerprint density at radius 3 is 1.29 bits per heavy atom. The molecule has 42 heavy (non-hydrogen) atoms. The van der Waals surface area contributed by atoms with E-state index in [0.29, 0.717) is 0 Å². The second-order valence-corrected chi connectivity index (χ2v) is 36.3. The molecule has 238 valence electrons. The Morgan fingerprint density at radius 2 is 0.929 bits per heavy atom. The van der Waals surface area contributed by atoms with Gasteiger partial charge in [0.2, 0.25) is 0 Å². The molecule has 0 N–H and O–H groups in total. The zero-order valence-corrected chi connectivity index (χ0v) is 35.1. The summed E-state index contributed by atoms with van der Waals surface area (Å²) in [5.41, 5.74) is -0.887. The normalized spacial score (nSPS) is 15.5. The molecule has 0 saturated heterocycles. The molecule has 0 saturated carbocycles. The summed E-state index contributed by atoms with van der Waals surface area (Å²) in [4.78, 5) is 0. The Kier molecular flexibility index (Phi) is 11.3. The van der Waals surface area contributed by atoms with Gasteiger partial charge in [0.1, 0.15) is 0 Å². The molecule has 0 aliphatic heterocycles. The Morgan fingerprint density at radius 1 is 0.548 bits per heavy atom. The molecular weight excluding hydrogens is 601 g/mol. The third-order valence-corrected chi connectivity index (χ3v) is 26.7. The zero-order valence-electron chi connectivity index (χ0n) is 30.0. The van der Waals surface area contributed by atoms with Crippen LogP contribution < -0.4 is 10.4 Å². The highest BCUT2D eigenvalue weighted by Crippen LogP contribution is 2.53. The number of hydrogen-bond acceptors (Lipinski definition) is 4. The molecule has 4 nitrogen and oxygen atoms in total. The van der Waals surface area contributed by atoms with Crippen molar-refractivity contribution >= 4 is 52.9 Å². The van der Waals surface area contributed by atoms with Crippen molar-refractivity contribution in [1.82, 2.24) is 0 Å². The van der Waals surface area contributed by atoms with E-state index in [1.54, 1.807) is 0 Å². The van der Waals surface area contributed by atoms with Gasteiger partial charge in [-0.1, -0.05) is 88.4 Å². The van der Waals surface area contributed by atoms with Crippen molar-refractivity contribution in [2.45, 2.75) is 136 Å². The lowest BCUT2D eigenvalue weighted by atomic mass is 9.93. The van der Waals surface area contributed by atoms with E-state index < -0.39 is 53.8 Å². The summed E-state index contributed by atoms with van der Waals surface area (Å²) in [6.07, 6.45) is 0. The van der Waals surface area contributed by atoms with Crippen LogP contribution in [0.25, 0.3) is 0 Å². The molecule has 1 unspecified atom stereocenters. The van der Waals surface area contributed by atoms with Crippen LogP contribution in [-0.4, -0.2) is 53.8 Å². The molecule has 9 heteroatoms. The minimum absolute atomic E-state index is 0.170. The summed E-state index contributed by atoms with van der Waals surface area (Å²) in [6, 6.07) is 22.0. The fourth-order valence-corrected chi connectivity index (χ4v) is 26.0. The molecule has 0 radical (unpaired) electrons. The van der Waals surface area contributed by atoms with E-state index in [0.717, 1.165) is 0 Å². The molecule has 0 heterocycles. The molecule has 1 atom stereocenters. The average molecular weight is 663 g/mol. The Balaban J connectivity index is 2.63. The van der Waals surface area contributed by atoms with Gasteiger partial charge >= 0.3 is 8.56 Å². The summed E-state index contributed by atoms with van der Waals surface area (Å²) >= 11 is 0. The highest BCUT2D eigenvalue weighted by Gasteiger charge is 2.62. The minimum Gasteiger partial charge on any atom is -0.449 e. The van der Waals surface area contributed by atoms with Crippen LogP contribution in [0.15, 0.2) is 60.7 Å². The van der Waals surface area contributed by atoms with Crippen LogP contribution in [-0.2, 0) is 17.1 Å². The predicted molar refractivity (Wildman–Crippen MR) is 196 cm³/mol. The fraction of sp³-hybridized carbons (Fsp3) is 0.636. The monoisotopic (exact) mass is 662 g/mol. The molecule has 0 spiro atoms. The Labute approximate surface area is 265 Å². The van der Waals surface area contributed by atoms with Gasteiger partial charge in [0.15, 0.2) is 25.7 Å². The third kappa shape index (κ3) is 8.34. The SMILES string of the molecule is C[SiH](OC(C)(C)C(C)(C)[Si](O[Si](C)(C)C)(c1ccccc1)c1ccccc1)C(C)(C)C(C)(C)O[Si](C)(C)O[Si](C)(C)C. The van der Waals surface area contributed by atoms with Crippen LogP contribution in [0.3, 0.4) is 0 Å². The average Bonchev–Trinajstić information content (AvgIpc) is 2.80. The Bertz CT molecular complexity index is 1110. The lowest BCUT2D eigenvalue weighted by molar-refractivity contribution is 0.00914. The van der Waals surface area contributed by atoms with E-state index in [2.05, 4.69) is 175 Å². The van der Waals surface area contributed by atoms with Gasteiger partial charge in [-0.2, -0.15) is 0 Å². The van der Waals surface area contributed by atoms with Gasteiger partial charge in [0, 0.05) is 10.1 Å². The van der Waals surface area contributed by atoms with Crippen molar-refractivity contribution in [3.63, 3.8) is 0 Å². The summed E-state index contributed by atoms with van der Waals surface area (Å²) in [5, 5.41) is 2.11. The first-order chi connectivity index (χ1) is 18.7. The van der Waals surface area contributed by atoms with Gasteiger partial charge in [0.05, 0.1) is 11.2 Å². The second kappa shape index (κ2) is 12.6. The van der Waals surface area contributed by atoms with E-state index in [1.807, 2.05) is 0 Å². The molecule has 0 aromatic heterocycles. The van der Waals surface area contributed by atoms with E-state index in [1.165, 1.54) is 10.4 Å². The van der Waals surface area contributed by atoms with Crippen LogP contribution in [0.4, 0.5) is 0 Å². The highest BCUT2D eigenvalue weighted by atomic mass is 28.4. The lowest BCUT2D eigenvalue weighted by Gasteiger charge is -2.57. The van der Waals surface area contributed by atoms with Crippen molar-refractivity contribution in [3.8, 4) is 0 Å². The van der Waals surface area contributed by atoms with Crippen molar-refractivity contribution in [3.05, 3.63) is 60.7 Å². The van der Waals surface area contributed by atoms with E-state index >= 15 is 0 Å². The highest BCUT2D eigenvalue weighted by molar-refractivity contribution is 7.04. The summed E-state index contributed by atoms with van der Waals surface area (Å²) in [6.45, 7) is 39.0. The minimum atomic E-state index is -2.86. The molecule has 0 amide bonds. The van der Waals surface area contributed by atoms with E-state index in [-0.39, 0.29) is 10.1 Å². The maximum atomic E-state index is 7.58. The number of benzene rings is 2. The second-order valence-electron chi connectivity index (χ2n) is 16.5. The maximum absolute atomic E-state index is 7.58. The van der Waals surface area contributed by atoms with Crippen molar-refractivity contribution in [2.75, 3.05) is 0 Å². The van der Waals surface area contributed by atoms with Gasteiger partial charge in [-0.25, -0.2) is 0 Å². The van der Waals surface area contributed by atoms with Crippen molar-refractivity contribution in [2.24, 2.45) is 0 Å². The molecule has 2 aromatic rings. The lowest BCUT2D eigenvalue weighted by Crippen LogP contribution is -2.74. The molecule has 0 fully saturated rings.